The van der Waals surface area contributed by atoms with Crippen molar-refractivity contribution >= 4 is 5.91 Å². The van der Waals surface area contributed by atoms with E-state index in [1.54, 1.807) is 0 Å². The van der Waals surface area contributed by atoms with Gasteiger partial charge < -0.3 is 26.2 Å². The van der Waals surface area contributed by atoms with E-state index in [9.17, 15) is 4.79 Å². The number of unbranched alkanes of at least 4 members (excludes halogenated alkanes) is 24. The Hall–Kier alpha value is -1.21. The summed E-state index contributed by atoms with van der Waals surface area (Å²) in [7, 11) is 0. The fourth-order valence-corrected chi connectivity index (χ4v) is 7.67. The first-order valence-electron chi connectivity index (χ1n) is 23.6. The quantitative estimate of drug-likeness (QED) is 0.0493. The Kier molecular flexibility index (Phi) is 36.7. The van der Waals surface area contributed by atoms with Crippen LogP contribution in [-0.4, -0.2) is 85.6 Å². The van der Waals surface area contributed by atoms with Crippen LogP contribution in [0.25, 0.3) is 0 Å². The SMILES string of the molecule is CCCCCCCC/C=C\CCCCCCCCN1CCN(CCCCCCCC/C=C\CCCCCCCC)CCN(C(=O)C(N)CCCN)CC1. The topological polar surface area (TPSA) is 78.8 Å². The van der Waals surface area contributed by atoms with E-state index in [4.69, 9.17) is 11.5 Å². The Bertz CT molecular complexity index is 778. The summed E-state index contributed by atoms with van der Waals surface area (Å²) in [5.74, 6) is 0.120. The summed E-state index contributed by atoms with van der Waals surface area (Å²) in [6.45, 7) is 13.2. The second-order valence-electron chi connectivity index (χ2n) is 16.4. The molecule has 4 N–H and O–H groups in total. The third kappa shape index (κ3) is 31.7. The van der Waals surface area contributed by atoms with Gasteiger partial charge >= 0.3 is 0 Å². The number of carbonyl (C=O) groups excluding carboxylic acids is 1. The zero-order chi connectivity index (χ0) is 38.3. The van der Waals surface area contributed by atoms with Crippen molar-refractivity contribution < 1.29 is 4.79 Å². The van der Waals surface area contributed by atoms with Crippen LogP contribution in [0.2, 0.25) is 0 Å². The van der Waals surface area contributed by atoms with Crippen molar-refractivity contribution in [1.29, 1.82) is 0 Å². The van der Waals surface area contributed by atoms with Gasteiger partial charge in [-0.3, -0.25) is 4.79 Å². The lowest BCUT2D eigenvalue weighted by Crippen LogP contribution is -2.48. The van der Waals surface area contributed by atoms with Gasteiger partial charge in [-0.25, -0.2) is 0 Å². The lowest BCUT2D eigenvalue weighted by Gasteiger charge is -2.28. The highest BCUT2D eigenvalue weighted by Gasteiger charge is 2.23. The Morgan fingerprint density at radius 3 is 1.15 bits per heavy atom. The zero-order valence-electron chi connectivity index (χ0n) is 35.9. The van der Waals surface area contributed by atoms with Gasteiger partial charge in [0.1, 0.15) is 0 Å². The van der Waals surface area contributed by atoms with Gasteiger partial charge in [0.15, 0.2) is 0 Å². The van der Waals surface area contributed by atoms with Crippen LogP contribution >= 0.6 is 0 Å². The summed E-state index contributed by atoms with van der Waals surface area (Å²) < 4.78 is 0. The molecule has 0 spiro atoms. The van der Waals surface area contributed by atoms with Gasteiger partial charge in [0.05, 0.1) is 6.04 Å². The standard InChI is InChI=1S/C47H93N5O/c1-3-5-7-9-11-13-15-17-19-21-23-25-27-29-31-33-38-50-40-41-51(43-45-52(44-42-50)47(53)46(49)36-35-37-48)39-34-32-30-28-26-24-22-20-18-16-14-12-10-8-6-4-2/h17-20,46H,3-16,21-45,48-49H2,1-2H3/b19-17-,20-18-. The maximum Gasteiger partial charge on any atom is 0.239 e. The summed E-state index contributed by atoms with van der Waals surface area (Å²) in [5.41, 5.74) is 12.1. The van der Waals surface area contributed by atoms with Crippen LogP contribution in [0, 0.1) is 0 Å². The van der Waals surface area contributed by atoms with Gasteiger partial charge in [0.2, 0.25) is 5.91 Å². The fourth-order valence-electron chi connectivity index (χ4n) is 7.67. The first kappa shape index (κ1) is 49.8. The van der Waals surface area contributed by atoms with Crippen molar-refractivity contribution in [3.8, 4) is 0 Å². The molecule has 1 aliphatic heterocycles. The van der Waals surface area contributed by atoms with E-state index in [0.29, 0.717) is 13.0 Å². The van der Waals surface area contributed by atoms with Gasteiger partial charge in [-0.2, -0.15) is 0 Å². The minimum absolute atomic E-state index is 0.120. The van der Waals surface area contributed by atoms with Crippen molar-refractivity contribution in [2.45, 2.75) is 213 Å². The van der Waals surface area contributed by atoms with Crippen molar-refractivity contribution in [2.75, 3.05) is 58.9 Å². The molecule has 1 unspecified atom stereocenters. The second-order valence-corrected chi connectivity index (χ2v) is 16.4. The maximum absolute atomic E-state index is 13.3. The molecular weight excluding hydrogens is 651 g/mol. The average Bonchev–Trinajstić information content (AvgIpc) is 3.27. The number of nitrogens with zero attached hydrogens (tertiary/aromatic N) is 3. The molecule has 0 aromatic carbocycles. The zero-order valence-corrected chi connectivity index (χ0v) is 35.9. The van der Waals surface area contributed by atoms with Crippen LogP contribution in [0.15, 0.2) is 24.3 Å². The summed E-state index contributed by atoms with van der Waals surface area (Å²) >= 11 is 0. The molecule has 6 heteroatoms. The van der Waals surface area contributed by atoms with Gasteiger partial charge in [-0.15, -0.1) is 0 Å². The van der Waals surface area contributed by atoms with Crippen LogP contribution in [0.4, 0.5) is 0 Å². The van der Waals surface area contributed by atoms with E-state index in [2.05, 4.69) is 52.9 Å². The number of nitrogens with two attached hydrogens (primary N) is 2. The summed E-state index contributed by atoms with van der Waals surface area (Å²) in [6, 6.07) is -0.423. The van der Waals surface area contributed by atoms with E-state index in [1.807, 2.05) is 0 Å². The predicted octanol–water partition coefficient (Wildman–Crippen LogP) is 11.6. The van der Waals surface area contributed by atoms with Gasteiger partial charge in [0, 0.05) is 39.3 Å². The van der Waals surface area contributed by atoms with Gasteiger partial charge in [0.25, 0.3) is 0 Å². The molecule has 1 fully saturated rings. The molecule has 1 amide bonds. The number of rotatable bonds is 36. The predicted molar refractivity (Wildman–Crippen MR) is 235 cm³/mol. The Labute approximate surface area is 331 Å². The van der Waals surface area contributed by atoms with E-state index < -0.39 is 6.04 Å². The minimum atomic E-state index is -0.423. The number of hydrogen-bond acceptors (Lipinski definition) is 5. The normalized spacial score (nSPS) is 15.7. The highest BCUT2D eigenvalue weighted by Crippen LogP contribution is 2.14. The Morgan fingerprint density at radius 2 is 0.792 bits per heavy atom. The van der Waals surface area contributed by atoms with Crippen LogP contribution in [0.3, 0.4) is 0 Å². The molecule has 53 heavy (non-hydrogen) atoms. The number of allylic oxidation sites excluding steroid dienone is 4. The highest BCUT2D eigenvalue weighted by molar-refractivity contribution is 5.81. The lowest BCUT2D eigenvalue weighted by atomic mass is 10.1. The van der Waals surface area contributed by atoms with E-state index in [-0.39, 0.29) is 5.91 Å². The largest absolute Gasteiger partial charge is 0.339 e. The number of hydrogen-bond donors (Lipinski definition) is 2. The average molecular weight is 744 g/mol. The fraction of sp³-hybridized carbons (Fsp3) is 0.894. The van der Waals surface area contributed by atoms with Crippen molar-refractivity contribution in [1.82, 2.24) is 14.7 Å². The minimum Gasteiger partial charge on any atom is -0.339 e. The monoisotopic (exact) mass is 744 g/mol. The molecule has 1 atom stereocenters. The molecule has 0 saturated carbocycles. The smallest absolute Gasteiger partial charge is 0.239 e. The van der Waals surface area contributed by atoms with E-state index in [0.717, 1.165) is 58.8 Å². The van der Waals surface area contributed by atoms with Crippen LogP contribution < -0.4 is 11.5 Å². The molecule has 312 valence electrons. The van der Waals surface area contributed by atoms with Crippen molar-refractivity contribution in [3.05, 3.63) is 24.3 Å². The molecule has 6 nitrogen and oxygen atoms in total. The molecule has 0 aromatic heterocycles. The molecule has 0 bridgehead atoms. The summed E-state index contributed by atoms with van der Waals surface area (Å²) in [4.78, 5) is 20.7. The van der Waals surface area contributed by atoms with Gasteiger partial charge in [-0.1, -0.05) is 154 Å². The van der Waals surface area contributed by atoms with Crippen LogP contribution in [-0.2, 0) is 4.79 Å². The third-order valence-corrected chi connectivity index (χ3v) is 11.4. The molecule has 1 rings (SSSR count). The molecule has 0 radical (unpaired) electrons. The van der Waals surface area contributed by atoms with Crippen LogP contribution in [0.5, 0.6) is 0 Å². The van der Waals surface area contributed by atoms with Crippen LogP contribution in [0.1, 0.15) is 206 Å². The maximum atomic E-state index is 13.3. The highest BCUT2D eigenvalue weighted by atomic mass is 16.2. The molecular formula is C47H93N5O. The molecule has 1 saturated heterocycles. The summed E-state index contributed by atoms with van der Waals surface area (Å²) in [6.07, 6.45) is 48.9. The first-order valence-corrected chi connectivity index (χ1v) is 23.6. The Morgan fingerprint density at radius 1 is 0.472 bits per heavy atom. The van der Waals surface area contributed by atoms with Crippen molar-refractivity contribution in [3.63, 3.8) is 0 Å². The first-order chi connectivity index (χ1) is 26.1. The molecule has 1 heterocycles. The molecule has 0 aliphatic carbocycles. The van der Waals surface area contributed by atoms with E-state index in [1.165, 1.54) is 180 Å². The number of carbonyl (C=O) groups is 1. The third-order valence-electron chi connectivity index (χ3n) is 11.4. The van der Waals surface area contributed by atoms with Crippen molar-refractivity contribution in [2.24, 2.45) is 11.5 Å². The Balaban J connectivity index is 2.30. The number of amides is 1. The van der Waals surface area contributed by atoms with E-state index >= 15 is 0 Å². The molecule has 0 aromatic rings. The molecule has 1 aliphatic rings. The second kappa shape index (κ2) is 39.0. The van der Waals surface area contributed by atoms with Gasteiger partial charge in [-0.05, 0) is 96.7 Å². The summed E-state index contributed by atoms with van der Waals surface area (Å²) in [5, 5.41) is 0. The lowest BCUT2D eigenvalue weighted by molar-refractivity contribution is -0.133.